The summed E-state index contributed by atoms with van der Waals surface area (Å²) in [6.45, 7) is 3.69. The predicted octanol–water partition coefficient (Wildman–Crippen LogP) is 2.43. The maximum absolute atomic E-state index is 12.5. The third kappa shape index (κ3) is 4.16. The van der Waals surface area contributed by atoms with Crippen molar-refractivity contribution in [2.75, 3.05) is 19.5 Å². The van der Waals surface area contributed by atoms with Crippen molar-refractivity contribution in [1.29, 1.82) is 0 Å². The molecule has 0 aromatic carbocycles. The molecule has 0 N–H and O–H groups in total. The summed E-state index contributed by atoms with van der Waals surface area (Å²) in [4.78, 5) is 26.6. The highest BCUT2D eigenvalue weighted by Crippen LogP contribution is 2.40. The second-order valence-corrected chi connectivity index (χ2v) is 7.51. The van der Waals surface area contributed by atoms with Gasteiger partial charge in [-0.15, -0.1) is 11.8 Å². The summed E-state index contributed by atoms with van der Waals surface area (Å²) >= 11 is 1.72. The Hall–Kier alpha value is -0.750. The highest BCUT2D eigenvalue weighted by molar-refractivity contribution is 8.00. The van der Waals surface area contributed by atoms with Gasteiger partial charge in [-0.1, -0.05) is 19.3 Å². The fourth-order valence-corrected chi connectivity index (χ4v) is 4.96. The van der Waals surface area contributed by atoms with Gasteiger partial charge in [-0.2, -0.15) is 0 Å². The largest absolute Gasteiger partial charge is 0.461 e. The van der Waals surface area contributed by atoms with Gasteiger partial charge in [0.25, 0.3) is 0 Å². The van der Waals surface area contributed by atoms with E-state index in [2.05, 4.69) is 0 Å². The maximum Gasteiger partial charge on any atom is 0.330 e. The number of methoxy groups -OCH3 is 1. The summed E-state index contributed by atoms with van der Waals surface area (Å²) in [7, 11) is 1.51. The molecule has 5 nitrogen and oxygen atoms in total. The van der Waals surface area contributed by atoms with Crippen LogP contribution in [0.1, 0.15) is 46.0 Å². The molecule has 2 unspecified atom stereocenters. The molecule has 1 heterocycles. The number of hydrogen-bond acceptors (Lipinski definition) is 5. The van der Waals surface area contributed by atoms with Crippen LogP contribution in [-0.2, 0) is 19.1 Å². The minimum Gasteiger partial charge on any atom is -0.461 e. The lowest BCUT2D eigenvalue weighted by Crippen LogP contribution is -2.50. The number of carbonyl (C=O) groups excluding carboxylic acids is 2. The Morgan fingerprint density at radius 2 is 1.91 bits per heavy atom. The first kappa shape index (κ1) is 17.6. The van der Waals surface area contributed by atoms with Gasteiger partial charge in [-0.05, 0) is 32.6 Å². The monoisotopic (exact) mass is 329 g/mol. The van der Waals surface area contributed by atoms with Crippen LogP contribution in [0, 0.1) is 5.92 Å². The van der Waals surface area contributed by atoms with E-state index in [4.69, 9.17) is 9.47 Å². The van der Waals surface area contributed by atoms with E-state index in [1.807, 2.05) is 13.8 Å². The van der Waals surface area contributed by atoms with E-state index in [-0.39, 0.29) is 30.0 Å². The van der Waals surface area contributed by atoms with E-state index >= 15 is 0 Å². The first-order valence-corrected chi connectivity index (χ1v) is 9.21. The van der Waals surface area contributed by atoms with Crippen molar-refractivity contribution in [2.45, 2.75) is 63.5 Å². The summed E-state index contributed by atoms with van der Waals surface area (Å²) in [5.74, 6) is 0.720. The maximum atomic E-state index is 12.5. The van der Waals surface area contributed by atoms with Crippen LogP contribution in [0.3, 0.4) is 0 Å². The predicted molar refractivity (Wildman–Crippen MR) is 86.6 cm³/mol. The Morgan fingerprint density at radius 3 is 2.50 bits per heavy atom. The van der Waals surface area contributed by atoms with Crippen molar-refractivity contribution in [3.8, 4) is 0 Å². The quantitative estimate of drug-likeness (QED) is 0.725. The van der Waals surface area contributed by atoms with Crippen LogP contribution in [0.4, 0.5) is 0 Å². The lowest BCUT2D eigenvalue weighted by molar-refractivity contribution is -0.158. The molecule has 126 valence electrons. The molecule has 2 fully saturated rings. The van der Waals surface area contributed by atoms with Gasteiger partial charge < -0.3 is 14.4 Å². The zero-order chi connectivity index (χ0) is 16.1. The highest BCUT2D eigenvalue weighted by Gasteiger charge is 2.45. The number of ether oxygens (including phenoxy) is 2. The smallest absolute Gasteiger partial charge is 0.330 e. The minimum absolute atomic E-state index is 0.0231. The topological polar surface area (TPSA) is 55.8 Å². The molecule has 1 saturated heterocycles. The third-order valence-electron chi connectivity index (χ3n) is 4.27. The zero-order valence-corrected chi connectivity index (χ0v) is 14.6. The number of amides is 1. The Balaban J connectivity index is 2.12. The second kappa shape index (κ2) is 8.20. The van der Waals surface area contributed by atoms with Gasteiger partial charge in [0.15, 0.2) is 0 Å². The van der Waals surface area contributed by atoms with Gasteiger partial charge >= 0.3 is 5.97 Å². The molecule has 2 aliphatic rings. The normalized spacial score (nSPS) is 26.5. The van der Waals surface area contributed by atoms with E-state index in [0.717, 1.165) is 12.8 Å². The van der Waals surface area contributed by atoms with E-state index in [1.165, 1.54) is 26.4 Å². The number of carbonyl (C=O) groups is 2. The van der Waals surface area contributed by atoms with E-state index in [9.17, 15) is 9.59 Å². The lowest BCUT2D eigenvalue weighted by atomic mass is 9.88. The van der Waals surface area contributed by atoms with Crippen molar-refractivity contribution in [3.63, 3.8) is 0 Å². The Kier molecular flexibility index (Phi) is 6.56. The molecule has 0 spiro atoms. The van der Waals surface area contributed by atoms with Crippen molar-refractivity contribution in [3.05, 3.63) is 0 Å². The molecule has 1 aliphatic carbocycles. The number of esters is 1. The molecular weight excluding hydrogens is 302 g/mol. The van der Waals surface area contributed by atoms with Crippen LogP contribution in [-0.4, -0.2) is 53.8 Å². The van der Waals surface area contributed by atoms with Crippen molar-refractivity contribution >= 4 is 23.6 Å². The fourth-order valence-electron chi connectivity index (χ4n) is 3.32. The standard InChI is InChI=1S/C16H27NO4S/c1-11(2)21-16(19)13-10-22-15(12-7-5-4-6-8-12)17(13)14(18)9-20-3/h11-13,15H,4-10H2,1-3H3. The molecule has 1 aliphatic heterocycles. The van der Waals surface area contributed by atoms with Gasteiger partial charge in [0, 0.05) is 12.9 Å². The van der Waals surface area contributed by atoms with Crippen molar-refractivity contribution in [2.24, 2.45) is 5.92 Å². The fraction of sp³-hybridized carbons (Fsp3) is 0.875. The number of thioether (sulfide) groups is 1. The number of nitrogens with zero attached hydrogens (tertiary/aromatic N) is 1. The van der Waals surface area contributed by atoms with Gasteiger partial charge in [0.05, 0.1) is 11.5 Å². The molecule has 1 amide bonds. The molecule has 6 heteroatoms. The molecule has 2 rings (SSSR count). The van der Waals surface area contributed by atoms with Gasteiger partial charge in [0.1, 0.15) is 12.6 Å². The van der Waals surface area contributed by atoms with Crippen molar-refractivity contribution < 1.29 is 19.1 Å². The van der Waals surface area contributed by atoms with Crippen molar-refractivity contribution in [1.82, 2.24) is 4.90 Å². The number of rotatable bonds is 5. The van der Waals surface area contributed by atoms with Crippen LogP contribution in [0.25, 0.3) is 0 Å². The van der Waals surface area contributed by atoms with E-state index < -0.39 is 6.04 Å². The third-order valence-corrected chi connectivity index (χ3v) is 5.73. The molecule has 1 saturated carbocycles. The average molecular weight is 329 g/mol. The van der Waals surface area contributed by atoms with E-state index in [1.54, 1.807) is 16.7 Å². The molecular formula is C16H27NO4S. The molecule has 0 aromatic heterocycles. The van der Waals surface area contributed by atoms with Crippen LogP contribution < -0.4 is 0 Å². The Bertz CT molecular complexity index is 396. The first-order chi connectivity index (χ1) is 10.5. The van der Waals surface area contributed by atoms with Crippen LogP contribution in [0.2, 0.25) is 0 Å². The minimum atomic E-state index is -0.470. The Morgan fingerprint density at radius 1 is 1.23 bits per heavy atom. The molecule has 0 radical (unpaired) electrons. The van der Waals surface area contributed by atoms with Crippen LogP contribution >= 0.6 is 11.8 Å². The Labute approximate surface area is 137 Å². The SMILES string of the molecule is COCC(=O)N1C(C(=O)OC(C)C)CSC1C1CCCCC1. The molecule has 2 atom stereocenters. The molecule has 22 heavy (non-hydrogen) atoms. The average Bonchev–Trinajstić information content (AvgIpc) is 2.92. The summed E-state index contributed by atoms with van der Waals surface area (Å²) in [6.07, 6.45) is 5.83. The molecule has 0 bridgehead atoms. The van der Waals surface area contributed by atoms with Gasteiger partial charge in [-0.25, -0.2) is 4.79 Å². The summed E-state index contributed by atoms with van der Waals surface area (Å²) in [5, 5.41) is 0.0904. The highest BCUT2D eigenvalue weighted by atomic mass is 32.2. The summed E-state index contributed by atoms with van der Waals surface area (Å²) in [6, 6.07) is -0.470. The lowest BCUT2D eigenvalue weighted by Gasteiger charge is -2.35. The van der Waals surface area contributed by atoms with Crippen LogP contribution in [0.15, 0.2) is 0 Å². The zero-order valence-electron chi connectivity index (χ0n) is 13.7. The van der Waals surface area contributed by atoms with Crippen LogP contribution in [0.5, 0.6) is 0 Å². The summed E-state index contributed by atoms with van der Waals surface area (Å²) in [5.41, 5.74) is 0. The molecule has 0 aromatic rings. The number of hydrogen-bond donors (Lipinski definition) is 0. The van der Waals surface area contributed by atoms with Gasteiger partial charge in [-0.3, -0.25) is 4.79 Å². The first-order valence-electron chi connectivity index (χ1n) is 8.16. The summed E-state index contributed by atoms with van der Waals surface area (Å²) < 4.78 is 10.3. The van der Waals surface area contributed by atoms with E-state index in [0.29, 0.717) is 11.7 Å². The second-order valence-electron chi connectivity index (χ2n) is 6.36. The van der Waals surface area contributed by atoms with Gasteiger partial charge in [0.2, 0.25) is 5.91 Å².